The van der Waals surface area contributed by atoms with Gasteiger partial charge < -0.3 is 38.5 Å². The molecule has 2 aliphatic rings. The van der Waals surface area contributed by atoms with Gasteiger partial charge in [0.25, 0.3) is 0 Å². The highest BCUT2D eigenvalue weighted by atomic mass is 16.6. The van der Waals surface area contributed by atoms with E-state index in [9.17, 15) is 0 Å². The average molecular weight is 844 g/mol. The lowest BCUT2D eigenvalue weighted by Gasteiger charge is -2.21. The smallest absolute Gasteiger partial charge is 0.126 e. The number of ether oxygens (including phenoxy) is 7. The minimum atomic E-state index is 0.419. The molecule has 324 valence electrons. The van der Waals surface area contributed by atoms with Gasteiger partial charge in [-0.3, -0.25) is 0 Å². The summed E-state index contributed by atoms with van der Waals surface area (Å²) in [7, 11) is 0. The van der Waals surface area contributed by atoms with Crippen molar-refractivity contribution in [2.75, 3.05) is 71.4 Å². The molecule has 0 saturated heterocycles. The van der Waals surface area contributed by atoms with Gasteiger partial charge in [-0.2, -0.15) is 0 Å². The summed E-state index contributed by atoms with van der Waals surface area (Å²) >= 11 is 0. The van der Waals surface area contributed by atoms with E-state index in [0.717, 1.165) is 73.2 Å². The summed E-state index contributed by atoms with van der Waals surface area (Å²) in [6, 6.07) is 44.0. The highest BCUT2D eigenvalue weighted by Gasteiger charge is 2.19. The minimum absolute atomic E-state index is 0.419. The van der Waals surface area contributed by atoms with Gasteiger partial charge in [0.1, 0.15) is 36.2 Å². The fourth-order valence-corrected chi connectivity index (χ4v) is 9.07. The van der Waals surface area contributed by atoms with Crippen molar-refractivity contribution in [3.05, 3.63) is 171 Å². The number of rotatable bonds is 7. The van der Waals surface area contributed by atoms with Crippen molar-refractivity contribution in [1.29, 1.82) is 0 Å². The Hall–Kier alpha value is -6.06. The fourth-order valence-electron chi connectivity index (χ4n) is 9.07. The SMILES string of the molecule is CCOc1c2cccc1Cc1cc3cc(c1)OCCOCCOCCOCCOc1cc(cc(c1)Cc1cc(NCc4c5ccccc5cc5ccccc45)cc(c1OCC)C3)C2. The first-order valence-corrected chi connectivity index (χ1v) is 22.5. The van der Waals surface area contributed by atoms with Crippen LogP contribution in [0.3, 0.4) is 0 Å². The van der Waals surface area contributed by atoms with Gasteiger partial charge in [0.15, 0.2) is 0 Å². The summed E-state index contributed by atoms with van der Waals surface area (Å²) in [5.41, 5.74) is 11.4. The summed E-state index contributed by atoms with van der Waals surface area (Å²) < 4.78 is 43.6. The second kappa shape index (κ2) is 20.4. The number of hydrogen-bond acceptors (Lipinski definition) is 8. The van der Waals surface area contributed by atoms with Crippen LogP contribution >= 0.6 is 0 Å². The molecule has 0 aromatic heterocycles. The Balaban J connectivity index is 1.18. The molecule has 1 N–H and O–H groups in total. The maximum Gasteiger partial charge on any atom is 0.126 e. The van der Waals surface area contributed by atoms with Crippen LogP contribution in [0, 0.1) is 0 Å². The summed E-state index contributed by atoms with van der Waals surface area (Å²) in [6.45, 7) is 9.58. The molecule has 0 saturated carbocycles. The standard InChI is InChI=1S/C55H57NO7/c1-3-60-54-44-12-9-13-45(54)27-39-25-41-29-47-36-48(56-37-53-51-14-7-5-10-42(51)34-43-11-6-8-15-52(43)53)35-46(55(47)61-4-2)28-40-24-38(26-44)30-49(32-40)62-22-20-58-18-16-57-17-19-59-21-23-63-50(31-39)33-41/h5-15,24-25,30-36,56H,3-4,16-23,26-29,37H2,1-2H3. The molecule has 0 amide bonds. The van der Waals surface area contributed by atoms with E-state index in [0.29, 0.717) is 98.3 Å². The molecule has 1 aliphatic carbocycles. The molecule has 10 bridgehead atoms. The fraction of sp³-hybridized carbons (Fsp3) is 0.309. The highest BCUT2D eigenvalue weighted by molar-refractivity contribution is 6.02. The first kappa shape index (κ1) is 42.3. The number of fused-ring (bicyclic) bond motifs is 8. The Labute approximate surface area is 371 Å². The van der Waals surface area contributed by atoms with Gasteiger partial charge >= 0.3 is 0 Å². The zero-order valence-electron chi connectivity index (χ0n) is 36.5. The number of nitrogens with one attached hydrogen (secondary N) is 1. The monoisotopic (exact) mass is 843 g/mol. The van der Waals surface area contributed by atoms with E-state index in [4.69, 9.17) is 33.2 Å². The molecule has 0 unspecified atom stereocenters. The summed E-state index contributed by atoms with van der Waals surface area (Å²) in [5, 5.41) is 8.89. The maximum atomic E-state index is 6.68. The first-order chi connectivity index (χ1) is 31.1. The predicted octanol–water partition coefficient (Wildman–Crippen LogP) is 10.9. The van der Waals surface area contributed by atoms with Crippen molar-refractivity contribution < 1.29 is 33.2 Å². The van der Waals surface area contributed by atoms with Crippen LogP contribution in [0.5, 0.6) is 23.0 Å². The lowest BCUT2D eigenvalue weighted by Crippen LogP contribution is -2.14. The third kappa shape index (κ3) is 10.4. The minimum Gasteiger partial charge on any atom is -0.493 e. The predicted molar refractivity (Wildman–Crippen MR) is 252 cm³/mol. The Morgan fingerprint density at radius 1 is 0.444 bits per heavy atom. The quantitative estimate of drug-likeness (QED) is 0.159. The normalized spacial score (nSPS) is 15.0. The van der Waals surface area contributed by atoms with Gasteiger partial charge in [0, 0.05) is 49.0 Å². The second-order valence-electron chi connectivity index (χ2n) is 16.3. The Morgan fingerprint density at radius 2 is 0.873 bits per heavy atom. The van der Waals surface area contributed by atoms with Crippen LogP contribution in [0.4, 0.5) is 5.69 Å². The van der Waals surface area contributed by atoms with E-state index in [1.54, 1.807) is 0 Å². The molecule has 8 nitrogen and oxygen atoms in total. The summed E-state index contributed by atoms with van der Waals surface area (Å²) in [5.74, 6) is 3.46. The molecular weight excluding hydrogens is 787 g/mol. The van der Waals surface area contributed by atoms with Crippen molar-refractivity contribution >= 4 is 27.2 Å². The van der Waals surface area contributed by atoms with Crippen LogP contribution in [-0.2, 0) is 46.4 Å². The molecule has 8 heteroatoms. The lowest BCUT2D eigenvalue weighted by atomic mass is 9.91. The average Bonchev–Trinajstić information content (AvgIpc) is 3.28. The van der Waals surface area contributed by atoms with E-state index >= 15 is 0 Å². The Morgan fingerprint density at radius 3 is 1.35 bits per heavy atom. The molecule has 0 radical (unpaired) electrons. The largest absolute Gasteiger partial charge is 0.493 e. The van der Waals surface area contributed by atoms with Crippen molar-refractivity contribution in [3.8, 4) is 23.0 Å². The second-order valence-corrected chi connectivity index (χ2v) is 16.3. The number of para-hydroxylation sites is 1. The Bertz CT molecular complexity index is 2510. The zero-order valence-corrected chi connectivity index (χ0v) is 36.5. The van der Waals surface area contributed by atoms with Crippen molar-refractivity contribution in [3.63, 3.8) is 0 Å². The topological polar surface area (TPSA) is 76.6 Å². The lowest BCUT2D eigenvalue weighted by molar-refractivity contribution is 0.00498. The molecule has 0 spiro atoms. The molecule has 7 aromatic rings. The summed E-state index contributed by atoms with van der Waals surface area (Å²) in [6.07, 6.45) is 2.64. The van der Waals surface area contributed by atoms with Gasteiger partial charge in [0.05, 0.1) is 52.9 Å². The number of benzene rings is 7. The molecule has 1 aliphatic heterocycles. The first-order valence-electron chi connectivity index (χ1n) is 22.5. The molecule has 63 heavy (non-hydrogen) atoms. The van der Waals surface area contributed by atoms with Gasteiger partial charge in [-0.1, -0.05) is 78.9 Å². The van der Waals surface area contributed by atoms with Crippen LogP contribution < -0.4 is 24.3 Å². The van der Waals surface area contributed by atoms with Crippen LogP contribution in [-0.4, -0.2) is 66.1 Å². The molecule has 7 aromatic carbocycles. The molecule has 0 fully saturated rings. The van der Waals surface area contributed by atoms with E-state index in [1.165, 1.54) is 27.1 Å². The third-order valence-electron chi connectivity index (χ3n) is 11.7. The highest BCUT2D eigenvalue weighted by Crippen LogP contribution is 2.37. The van der Waals surface area contributed by atoms with E-state index in [2.05, 4.69) is 140 Å². The third-order valence-corrected chi connectivity index (χ3v) is 11.7. The van der Waals surface area contributed by atoms with E-state index in [1.807, 2.05) is 0 Å². The van der Waals surface area contributed by atoms with Gasteiger partial charge in [-0.25, -0.2) is 0 Å². The Kier molecular flexibility index (Phi) is 13.7. The van der Waals surface area contributed by atoms with Crippen molar-refractivity contribution in [2.45, 2.75) is 46.1 Å². The van der Waals surface area contributed by atoms with Crippen LogP contribution in [0.1, 0.15) is 63.9 Å². The zero-order chi connectivity index (χ0) is 42.8. The van der Waals surface area contributed by atoms with Gasteiger partial charge in [0.2, 0.25) is 0 Å². The van der Waals surface area contributed by atoms with Gasteiger partial charge in [-0.15, -0.1) is 0 Å². The number of hydrogen-bond donors (Lipinski definition) is 1. The van der Waals surface area contributed by atoms with Crippen molar-refractivity contribution in [2.24, 2.45) is 0 Å². The van der Waals surface area contributed by atoms with E-state index in [-0.39, 0.29) is 0 Å². The molecular formula is C55H57NO7. The molecule has 0 atom stereocenters. The molecule has 1 heterocycles. The van der Waals surface area contributed by atoms with Crippen LogP contribution in [0.15, 0.2) is 121 Å². The van der Waals surface area contributed by atoms with Crippen LogP contribution in [0.2, 0.25) is 0 Å². The number of anilines is 1. The van der Waals surface area contributed by atoms with Gasteiger partial charge in [-0.05, 0) is 117 Å². The molecule has 9 rings (SSSR count). The van der Waals surface area contributed by atoms with E-state index < -0.39 is 0 Å². The summed E-state index contributed by atoms with van der Waals surface area (Å²) in [4.78, 5) is 0. The van der Waals surface area contributed by atoms with Crippen molar-refractivity contribution in [1.82, 2.24) is 0 Å². The maximum absolute atomic E-state index is 6.68. The van der Waals surface area contributed by atoms with Crippen LogP contribution in [0.25, 0.3) is 21.5 Å².